The van der Waals surface area contributed by atoms with Crippen LogP contribution >= 0.6 is 11.3 Å². The van der Waals surface area contributed by atoms with Crippen molar-refractivity contribution in [1.29, 1.82) is 0 Å². The van der Waals surface area contributed by atoms with E-state index in [0.29, 0.717) is 5.91 Å². The predicted octanol–water partition coefficient (Wildman–Crippen LogP) is 4.04. The molecule has 2 aliphatic heterocycles. The smallest absolute Gasteiger partial charge is 0.237 e. The molecule has 1 saturated heterocycles. The fourth-order valence-corrected chi connectivity index (χ4v) is 5.28. The second kappa shape index (κ2) is 5.96. The number of hydrogen-bond acceptors (Lipinski definition) is 3. The molecule has 3 nitrogen and oxygen atoms in total. The highest BCUT2D eigenvalue weighted by molar-refractivity contribution is 7.09. The quantitative estimate of drug-likeness (QED) is 0.829. The molecule has 3 aliphatic rings. The second-order valence-corrected chi connectivity index (χ2v) is 8.85. The van der Waals surface area contributed by atoms with Gasteiger partial charge in [-0.3, -0.25) is 9.69 Å². The van der Waals surface area contributed by atoms with Crippen molar-refractivity contribution in [3.05, 3.63) is 52.2 Å². The summed E-state index contributed by atoms with van der Waals surface area (Å²) in [5.74, 6) is 1.10. The number of nitrogens with zero attached hydrogens (tertiary/aromatic N) is 2. The average Bonchev–Trinajstić information content (AvgIpc) is 3.28. The first kappa shape index (κ1) is 15.6. The van der Waals surface area contributed by atoms with Crippen LogP contribution in [-0.4, -0.2) is 30.4 Å². The van der Waals surface area contributed by atoms with Gasteiger partial charge in [-0.1, -0.05) is 24.3 Å². The summed E-state index contributed by atoms with van der Waals surface area (Å²) in [4.78, 5) is 19.5. The maximum Gasteiger partial charge on any atom is 0.237 e. The molecule has 130 valence electrons. The minimum Gasteiger partial charge on any atom is -0.311 e. The zero-order valence-electron chi connectivity index (χ0n) is 14.5. The third-order valence-corrected chi connectivity index (χ3v) is 7.03. The van der Waals surface area contributed by atoms with E-state index >= 15 is 0 Å². The van der Waals surface area contributed by atoms with E-state index in [4.69, 9.17) is 0 Å². The Morgan fingerprint density at radius 2 is 1.88 bits per heavy atom. The number of carbonyl (C=O) groups is 1. The average molecular weight is 353 g/mol. The summed E-state index contributed by atoms with van der Waals surface area (Å²) in [6, 6.07) is 12.9. The van der Waals surface area contributed by atoms with Crippen molar-refractivity contribution in [2.24, 2.45) is 5.92 Å². The highest BCUT2D eigenvalue weighted by Crippen LogP contribution is 2.49. The Kier molecular flexibility index (Phi) is 3.72. The summed E-state index contributed by atoms with van der Waals surface area (Å²) in [6.07, 6.45) is 4.48. The van der Waals surface area contributed by atoms with Crippen molar-refractivity contribution in [2.75, 3.05) is 24.5 Å². The maximum atomic E-state index is 13.4. The first-order chi connectivity index (χ1) is 12.3. The number of anilines is 1. The van der Waals surface area contributed by atoms with E-state index in [0.717, 1.165) is 44.9 Å². The van der Waals surface area contributed by atoms with Crippen LogP contribution in [0.25, 0.3) is 0 Å². The molecule has 1 aromatic heterocycles. The Morgan fingerprint density at radius 3 is 2.60 bits per heavy atom. The predicted molar refractivity (Wildman–Crippen MR) is 102 cm³/mol. The van der Waals surface area contributed by atoms with E-state index in [1.165, 1.54) is 29.0 Å². The van der Waals surface area contributed by atoms with Gasteiger partial charge in [-0.2, -0.15) is 0 Å². The van der Waals surface area contributed by atoms with Gasteiger partial charge in [-0.15, -0.1) is 11.3 Å². The van der Waals surface area contributed by atoms with Crippen LogP contribution in [0.1, 0.15) is 36.1 Å². The zero-order valence-corrected chi connectivity index (χ0v) is 15.3. The van der Waals surface area contributed by atoms with Crippen LogP contribution in [0.2, 0.25) is 0 Å². The minimum atomic E-state index is -0.266. The monoisotopic (exact) mass is 352 g/mol. The lowest BCUT2D eigenvalue weighted by molar-refractivity contribution is -0.125. The van der Waals surface area contributed by atoms with E-state index < -0.39 is 0 Å². The fraction of sp³-hybridized carbons (Fsp3) is 0.476. The molecular formula is C21H24N2OS. The first-order valence-electron chi connectivity index (χ1n) is 9.42. The van der Waals surface area contributed by atoms with Crippen molar-refractivity contribution in [2.45, 2.75) is 37.6 Å². The Morgan fingerprint density at radius 1 is 1.08 bits per heavy atom. The number of benzene rings is 1. The highest BCUT2D eigenvalue weighted by atomic mass is 32.1. The standard InChI is InChI=1S/C21H24N2OS/c24-20-21(9-11-22(12-10-21)15-17-4-3-13-25-17)18-5-1-2-6-19(18)23(20)14-16-7-8-16/h1-6,13,16H,7-12,14-15H2. The number of likely N-dealkylation sites (tertiary alicyclic amines) is 1. The fourth-order valence-electron chi connectivity index (χ4n) is 4.54. The zero-order chi connectivity index (χ0) is 16.9. The van der Waals surface area contributed by atoms with Crippen LogP contribution in [-0.2, 0) is 16.8 Å². The molecule has 0 radical (unpaired) electrons. The van der Waals surface area contributed by atoms with Crippen LogP contribution in [0.5, 0.6) is 0 Å². The molecule has 1 saturated carbocycles. The number of carbonyl (C=O) groups excluding carboxylic acids is 1. The number of piperidine rings is 1. The van der Waals surface area contributed by atoms with Gasteiger partial charge in [0.15, 0.2) is 0 Å². The normalized spacial score (nSPS) is 22.6. The number of fused-ring (bicyclic) bond motifs is 2. The van der Waals surface area contributed by atoms with Gasteiger partial charge in [0, 0.05) is 23.7 Å². The number of thiophene rings is 1. The summed E-state index contributed by atoms with van der Waals surface area (Å²) in [7, 11) is 0. The number of amides is 1. The van der Waals surface area contributed by atoms with Gasteiger partial charge in [0.2, 0.25) is 5.91 Å². The van der Waals surface area contributed by atoms with Crippen LogP contribution in [0.3, 0.4) is 0 Å². The Bertz CT molecular complexity index is 773. The minimum absolute atomic E-state index is 0.266. The molecule has 0 bridgehead atoms. The molecule has 1 amide bonds. The lowest BCUT2D eigenvalue weighted by Gasteiger charge is -2.38. The molecule has 4 heteroatoms. The van der Waals surface area contributed by atoms with E-state index in [9.17, 15) is 4.79 Å². The summed E-state index contributed by atoms with van der Waals surface area (Å²) in [5.41, 5.74) is 2.21. The van der Waals surface area contributed by atoms with Gasteiger partial charge in [-0.25, -0.2) is 0 Å². The molecule has 1 aromatic carbocycles. The van der Waals surface area contributed by atoms with Crippen molar-refractivity contribution < 1.29 is 4.79 Å². The van der Waals surface area contributed by atoms with E-state index in [2.05, 4.69) is 51.6 Å². The van der Waals surface area contributed by atoms with Crippen LogP contribution in [0, 0.1) is 5.92 Å². The van der Waals surface area contributed by atoms with Crippen molar-refractivity contribution in [3.63, 3.8) is 0 Å². The molecule has 0 atom stereocenters. The topological polar surface area (TPSA) is 23.6 Å². The SMILES string of the molecule is O=C1N(CC2CC2)c2ccccc2C12CCN(Cc1cccs1)CC2. The molecule has 1 aliphatic carbocycles. The largest absolute Gasteiger partial charge is 0.311 e. The third kappa shape index (κ3) is 2.63. The van der Waals surface area contributed by atoms with Gasteiger partial charge in [0.25, 0.3) is 0 Å². The number of para-hydroxylation sites is 1. The van der Waals surface area contributed by atoms with Crippen molar-refractivity contribution >= 4 is 22.9 Å². The van der Waals surface area contributed by atoms with Crippen molar-refractivity contribution in [1.82, 2.24) is 4.90 Å². The molecule has 25 heavy (non-hydrogen) atoms. The molecule has 1 spiro atoms. The summed E-state index contributed by atoms with van der Waals surface area (Å²) in [6.45, 7) is 3.97. The van der Waals surface area contributed by atoms with Gasteiger partial charge < -0.3 is 4.90 Å². The molecule has 0 unspecified atom stereocenters. The van der Waals surface area contributed by atoms with E-state index in [1.807, 2.05) is 11.3 Å². The van der Waals surface area contributed by atoms with E-state index in [1.54, 1.807) is 0 Å². The highest BCUT2D eigenvalue weighted by Gasteiger charge is 2.52. The molecular weight excluding hydrogens is 328 g/mol. The van der Waals surface area contributed by atoms with Crippen LogP contribution < -0.4 is 4.90 Å². The molecule has 3 heterocycles. The van der Waals surface area contributed by atoms with Gasteiger partial charge >= 0.3 is 0 Å². The van der Waals surface area contributed by atoms with E-state index in [-0.39, 0.29) is 5.41 Å². The van der Waals surface area contributed by atoms with Gasteiger partial charge in [0.05, 0.1) is 5.41 Å². The first-order valence-corrected chi connectivity index (χ1v) is 10.3. The summed E-state index contributed by atoms with van der Waals surface area (Å²) in [5, 5.41) is 2.15. The van der Waals surface area contributed by atoms with Gasteiger partial charge in [-0.05, 0) is 67.8 Å². The summed E-state index contributed by atoms with van der Waals surface area (Å²) >= 11 is 1.83. The Hall–Kier alpha value is -1.65. The second-order valence-electron chi connectivity index (χ2n) is 7.81. The molecule has 2 fully saturated rings. The third-order valence-electron chi connectivity index (χ3n) is 6.17. The lowest BCUT2D eigenvalue weighted by Crippen LogP contribution is -2.48. The van der Waals surface area contributed by atoms with Crippen LogP contribution in [0.15, 0.2) is 41.8 Å². The number of rotatable bonds is 4. The number of hydrogen-bond donors (Lipinski definition) is 0. The summed E-state index contributed by atoms with van der Waals surface area (Å²) < 4.78 is 0. The Labute approximate surface area is 153 Å². The van der Waals surface area contributed by atoms with Gasteiger partial charge in [0.1, 0.15) is 0 Å². The molecule has 2 aromatic rings. The molecule has 0 N–H and O–H groups in total. The lowest BCUT2D eigenvalue weighted by atomic mass is 9.73. The maximum absolute atomic E-state index is 13.4. The van der Waals surface area contributed by atoms with Crippen LogP contribution in [0.4, 0.5) is 5.69 Å². The van der Waals surface area contributed by atoms with Crippen molar-refractivity contribution in [3.8, 4) is 0 Å². The molecule has 5 rings (SSSR count). The Balaban J connectivity index is 1.38.